The lowest BCUT2D eigenvalue weighted by Gasteiger charge is -2.16. The van der Waals surface area contributed by atoms with Gasteiger partial charge in [-0.25, -0.2) is 4.98 Å². The molecule has 0 bridgehead atoms. The number of carbonyl (C=O) groups is 1. The Morgan fingerprint density at radius 1 is 1.41 bits per heavy atom. The maximum atomic E-state index is 12.3. The maximum Gasteiger partial charge on any atom is 0.257 e. The second kappa shape index (κ2) is 6.80. The van der Waals surface area contributed by atoms with Crippen molar-refractivity contribution in [3.63, 3.8) is 0 Å². The van der Waals surface area contributed by atoms with Crippen LogP contribution >= 0.6 is 11.3 Å². The molecule has 0 atom stereocenters. The van der Waals surface area contributed by atoms with Crippen LogP contribution in [0, 0.1) is 0 Å². The lowest BCUT2D eigenvalue weighted by Crippen LogP contribution is -2.20. The fraction of sp³-hybridized carbons (Fsp3) is 0.429. The van der Waals surface area contributed by atoms with Crippen LogP contribution in [0.15, 0.2) is 18.3 Å². The Labute approximate surface area is 132 Å². The van der Waals surface area contributed by atoms with Crippen molar-refractivity contribution >= 4 is 28.2 Å². The summed E-state index contributed by atoms with van der Waals surface area (Å²) in [5.74, 6) is 0.644. The number of hydrogen-bond donors (Lipinski definition) is 1. The van der Waals surface area contributed by atoms with E-state index in [9.17, 15) is 4.79 Å². The molecule has 2 aromatic heterocycles. The van der Waals surface area contributed by atoms with Gasteiger partial charge in [0.05, 0.1) is 0 Å². The minimum Gasteiger partial charge on any atom is -0.377 e. The van der Waals surface area contributed by atoms with E-state index in [0.29, 0.717) is 17.3 Å². The normalized spacial score (nSPS) is 14.3. The van der Waals surface area contributed by atoms with Crippen LogP contribution in [0.2, 0.25) is 0 Å². The summed E-state index contributed by atoms with van der Waals surface area (Å²) in [6.45, 7) is 2.38. The zero-order chi connectivity index (χ0) is 15.4. The minimum atomic E-state index is -0.206. The molecule has 22 heavy (non-hydrogen) atoms. The van der Waals surface area contributed by atoms with E-state index in [0.717, 1.165) is 23.9 Å². The van der Waals surface area contributed by atoms with E-state index in [1.165, 1.54) is 24.2 Å². The van der Waals surface area contributed by atoms with Crippen LogP contribution in [-0.2, 0) is 11.3 Å². The first kappa shape index (κ1) is 14.9. The van der Waals surface area contributed by atoms with Crippen molar-refractivity contribution in [3.8, 4) is 0 Å². The Hall–Kier alpha value is -2.06. The summed E-state index contributed by atoms with van der Waals surface area (Å²) in [5.41, 5.74) is 0.570. The number of pyridine rings is 1. The molecule has 3 heterocycles. The maximum absolute atomic E-state index is 12.3. The van der Waals surface area contributed by atoms with Crippen molar-refractivity contribution in [2.45, 2.75) is 19.4 Å². The number of carbonyl (C=O) groups excluding carboxylic acids is 1. The van der Waals surface area contributed by atoms with Crippen LogP contribution in [0.5, 0.6) is 0 Å². The van der Waals surface area contributed by atoms with Crippen molar-refractivity contribution in [2.75, 3.05) is 30.4 Å². The number of hydrogen-bond acceptors (Lipinski definition) is 7. The molecule has 7 nitrogen and oxygen atoms in total. The van der Waals surface area contributed by atoms with Gasteiger partial charge in [-0.2, -0.15) is 0 Å². The fourth-order valence-corrected chi connectivity index (χ4v) is 3.04. The van der Waals surface area contributed by atoms with Gasteiger partial charge in [-0.15, -0.1) is 10.2 Å². The molecular formula is C14H17N5O2S. The molecule has 1 aliphatic rings. The highest BCUT2D eigenvalue weighted by Crippen LogP contribution is 2.20. The molecule has 1 aliphatic heterocycles. The number of amides is 1. The summed E-state index contributed by atoms with van der Waals surface area (Å²) in [6, 6.07) is 3.52. The molecule has 0 aliphatic carbocycles. The molecule has 1 fully saturated rings. The van der Waals surface area contributed by atoms with Gasteiger partial charge in [0.25, 0.3) is 5.91 Å². The van der Waals surface area contributed by atoms with E-state index in [2.05, 4.69) is 25.4 Å². The summed E-state index contributed by atoms with van der Waals surface area (Å²) in [5, 5.41) is 11.8. The SMILES string of the molecule is COCc1nnc(NC(=O)c2ccnc(N3CCCC3)c2)s1. The zero-order valence-electron chi connectivity index (χ0n) is 12.3. The molecule has 0 saturated carbocycles. The van der Waals surface area contributed by atoms with Crippen LogP contribution in [0.25, 0.3) is 0 Å². The van der Waals surface area contributed by atoms with Crippen LogP contribution in [-0.4, -0.2) is 41.3 Å². The van der Waals surface area contributed by atoms with Gasteiger partial charge in [0.1, 0.15) is 17.4 Å². The van der Waals surface area contributed by atoms with Gasteiger partial charge in [0, 0.05) is 32.0 Å². The first-order valence-corrected chi connectivity index (χ1v) is 7.91. The van der Waals surface area contributed by atoms with E-state index in [-0.39, 0.29) is 5.91 Å². The second-order valence-corrected chi connectivity index (χ2v) is 6.05. The predicted octanol–water partition coefficient (Wildman–Crippen LogP) is 1.93. The van der Waals surface area contributed by atoms with E-state index in [1.54, 1.807) is 19.4 Å². The molecule has 1 amide bonds. The van der Waals surface area contributed by atoms with Gasteiger partial charge in [0.15, 0.2) is 0 Å². The van der Waals surface area contributed by atoms with E-state index < -0.39 is 0 Å². The second-order valence-electron chi connectivity index (χ2n) is 4.98. The molecule has 2 aromatic rings. The fourth-order valence-electron chi connectivity index (χ4n) is 2.33. The summed E-state index contributed by atoms with van der Waals surface area (Å²) in [7, 11) is 1.59. The van der Waals surface area contributed by atoms with Gasteiger partial charge >= 0.3 is 0 Å². The molecule has 1 saturated heterocycles. The number of anilines is 2. The molecule has 3 rings (SSSR count). The van der Waals surface area contributed by atoms with Gasteiger partial charge in [-0.1, -0.05) is 11.3 Å². The number of ether oxygens (including phenoxy) is 1. The molecule has 116 valence electrons. The molecule has 0 unspecified atom stereocenters. The topological polar surface area (TPSA) is 80.2 Å². The average Bonchev–Trinajstić information content (AvgIpc) is 3.20. The number of methoxy groups -OCH3 is 1. The first-order valence-electron chi connectivity index (χ1n) is 7.10. The van der Waals surface area contributed by atoms with Crippen LogP contribution in [0.4, 0.5) is 10.9 Å². The smallest absolute Gasteiger partial charge is 0.257 e. The minimum absolute atomic E-state index is 0.206. The van der Waals surface area contributed by atoms with E-state index >= 15 is 0 Å². The van der Waals surface area contributed by atoms with Crippen molar-refractivity contribution in [3.05, 3.63) is 28.9 Å². The Morgan fingerprint density at radius 2 is 2.23 bits per heavy atom. The summed E-state index contributed by atoms with van der Waals surface area (Å²) in [4.78, 5) is 18.8. The summed E-state index contributed by atoms with van der Waals surface area (Å²) in [6.07, 6.45) is 4.01. The number of nitrogens with one attached hydrogen (secondary N) is 1. The molecule has 0 aromatic carbocycles. The number of aromatic nitrogens is 3. The molecule has 0 spiro atoms. The summed E-state index contributed by atoms with van der Waals surface area (Å²) < 4.78 is 4.98. The lowest BCUT2D eigenvalue weighted by atomic mass is 10.2. The highest BCUT2D eigenvalue weighted by atomic mass is 32.1. The highest BCUT2D eigenvalue weighted by molar-refractivity contribution is 7.15. The average molecular weight is 319 g/mol. The third-order valence-corrected chi connectivity index (χ3v) is 4.21. The zero-order valence-corrected chi connectivity index (χ0v) is 13.1. The Balaban J connectivity index is 1.69. The third kappa shape index (κ3) is 3.40. The van der Waals surface area contributed by atoms with Gasteiger partial charge in [-0.05, 0) is 25.0 Å². The monoisotopic (exact) mass is 319 g/mol. The molecule has 1 N–H and O–H groups in total. The Bertz CT molecular complexity index is 654. The van der Waals surface area contributed by atoms with Crippen molar-refractivity contribution in [2.24, 2.45) is 0 Å². The molecular weight excluding hydrogens is 302 g/mol. The standard InChI is InChI=1S/C14H17N5O2S/c1-21-9-12-17-18-14(22-12)16-13(20)10-4-5-15-11(8-10)19-6-2-3-7-19/h4-5,8H,2-3,6-7,9H2,1H3,(H,16,18,20). The number of rotatable bonds is 5. The van der Waals surface area contributed by atoms with Crippen LogP contribution in [0.3, 0.4) is 0 Å². The van der Waals surface area contributed by atoms with E-state index in [1.807, 2.05) is 6.07 Å². The number of nitrogens with zero attached hydrogens (tertiary/aromatic N) is 4. The largest absolute Gasteiger partial charge is 0.377 e. The lowest BCUT2D eigenvalue weighted by molar-refractivity contribution is 0.102. The molecule has 8 heteroatoms. The van der Waals surface area contributed by atoms with Gasteiger partial charge in [0.2, 0.25) is 5.13 Å². The Kier molecular flexibility index (Phi) is 4.59. The predicted molar refractivity (Wildman–Crippen MR) is 84.3 cm³/mol. The van der Waals surface area contributed by atoms with E-state index in [4.69, 9.17) is 4.74 Å². The van der Waals surface area contributed by atoms with Crippen molar-refractivity contribution in [1.29, 1.82) is 0 Å². The third-order valence-electron chi connectivity index (χ3n) is 3.39. The van der Waals surface area contributed by atoms with Gasteiger partial charge < -0.3 is 9.64 Å². The first-order chi connectivity index (χ1) is 10.8. The highest BCUT2D eigenvalue weighted by Gasteiger charge is 2.16. The van der Waals surface area contributed by atoms with Crippen LogP contribution in [0.1, 0.15) is 28.2 Å². The quantitative estimate of drug-likeness (QED) is 0.907. The van der Waals surface area contributed by atoms with Crippen LogP contribution < -0.4 is 10.2 Å². The van der Waals surface area contributed by atoms with Crippen molar-refractivity contribution < 1.29 is 9.53 Å². The Morgan fingerprint density at radius 3 is 3.00 bits per heavy atom. The summed E-state index contributed by atoms with van der Waals surface area (Å²) >= 11 is 1.30. The van der Waals surface area contributed by atoms with Crippen molar-refractivity contribution in [1.82, 2.24) is 15.2 Å². The molecule has 0 radical (unpaired) electrons. The van der Waals surface area contributed by atoms with Gasteiger partial charge in [-0.3, -0.25) is 10.1 Å².